The SMILES string of the molecule is Cc1cnc2nc1C1(CCC(NC(=O)CBr)CC1)N2C. The normalized spacial score (nSPS) is 27.9. The second kappa shape index (κ2) is 4.98. The van der Waals surface area contributed by atoms with Crippen LogP contribution in [-0.2, 0) is 10.3 Å². The van der Waals surface area contributed by atoms with Crippen molar-refractivity contribution >= 4 is 27.8 Å². The molecule has 0 radical (unpaired) electrons. The number of aryl methyl sites for hydroxylation is 1. The van der Waals surface area contributed by atoms with Gasteiger partial charge in [0.1, 0.15) is 0 Å². The van der Waals surface area contributed by atoms with E-state index >= 15 is 0 Å². The first-order valence-electron chi connectivity index (χ1n) is 7.00. The molecule has 1 aliphatic heterocycles. The number of fused-ring (bicyclic) bond motifs is 3. The number of nitrogens with zero attached hydrogens (tertiary/aromatic N) is 3. The van der Waals surface area contributed by atoms with Crippen molar-refractivity contribution in [3.05, 3.63) is 17.5 Å². The molecule has 20 heavy (non-hydrogen) atoms. The number of alkyl halides is 1. The van der Waals surface area contributed by atoms with Crippen molar-refractivity contribution < 1.29 is 4.79 Å². The van der Waals surface area contributed by atoms with E-state index in [0.29, 0.717) is 5.33 Å². The molecule has 108 valence electrons. The lowest BCUT2D eigenvalue weighted by atomic mass is 9.76. The number of aromatic nitrogens is 2. The highest BCUT2D eigenvalue weighted by Gasteiger charge is 2.47. The molecule has 2 heterocycles. The number of hydrogen-bond acceptors (Lipinski definition) is 4. The van der Waals surface area contributed by atoms with Crippen LogP contribution in [0.1, 0.15) is 36.9 Å². The number of nitrogens with one attached hydrogen (secondary N) is 1. The Bertz CT molecular complexity index is 540. The van der Waals surface area contributed by atoms with E-state index in [1.165, 1.54) is 11.3 Å². The van der Waals surface area contributed by atoms with Crippen LogP contribution in [0.5, 0.6) is 0 Å². The summed E-state index contributed by atoms with van der Waals surface area (Å²) in [6.07, 6.45) is 5.92. The monoisotopic (exact) mass is 338 g/mol. The van der Waals surface area contributed by atoms with Gasteiger partial charge in [-0.1, -0.05) is 15.9 Å². The predicted octanol–water partition coefficient (Wildman–Crippen LogP) is 1.88. The molecule has 1 aromatic rings. The van der Waals surface area contributed by atoms with E-state index in [9.17, 15) is 4.79 Å². The first-order valence-corrected chi connectivity index (χ1v) is 8.12. The molecule has 0 atom stereocenters. The zero-order chi connectivity index (χ0) is 14.3. The summed E-state index contributed by atoms with van der Waals surface area (Å²) in [5.41, 5.74) is 2.34. The molecule has 3 rings (SSSR count). The van der Waals surface area contributed by atoms with Crippen LogP contribution in [0.15, 0.2) is 6.20 Å². The molecule has 6 heteroatoms. The number of carbonyl (C=O) groups is 1. The Morgan fingerprint density at radius 2 is 2.25 bits per heavy atom. The number of rotatable bonds is 2. The summed E-state index contributed by atoms with van der Waals surface area (Å²) in [6.45, 7) is 2.08. The van der Waals surface area contributed by atoms with Gasteiger partial charge in [-0.05, 0) is 38.2 Å². The van der Waals surface area contributed by atoms with E-state index in [4.69, 9.17) is 0 Å². The summed E-state index contributed by atoms with van der Waals surface area (Å²) in [5.74, 6) is 0.899. The van der Waals surface area contributed by atoms with Gasteiger partial charge < -0.3 is 10.2 Å². The van der Waals surface area contributed by atoms with Gasteiger partial charge in [0.15, 0.2) is 0 Å². The molecule has 0 saturated heterocycles. The van der Waals surface area contributed by atoms with Crippen molar-refractivity contribution in [2.75, 3.05) is 17.3 Å². The molecule has 5 nitrogen and oxygen atoms in total. The van der Waals surface area contributed by atoms with Crippen LogP contribution < -0.4 is 10.2 Å². The standard InChI is InChI=1S/C14H19BrN4O/c1-9-8-16-13-18-12(9)14(19(13)2)5-3-10(4-6-14)17-11(20)7-15/h8,10H,3-7H2,1-2H3,(H,17,20). The average molecular weight is 339 g/mol. The number of carbonyl (C=O) groups excluding carboxylic acids is 1. The lowest BCUT2D eigenvalue weighted by Crippen LogP contribution is -2.48. The molecule has 2 bridgehead atoms. The maximum Gasteiger partial charge on any atom is 0.230 e. The minimum atomic E-state index is -0.00839. The third-order valence-corrected chi connectivity index (χ3v) is 5.15. The van der Waals surface area contributed by atoms with Crippen molar-refractivity contribution in [1.29, 1.82) is 0 Å². The Labute approximate surface area is 127 Å². The summed E-state index contributed by atoms with van der Waals surface area (Å²) in [7, 11) is 2.08. The molecule has 1 saturated carbocycles. The van der Waals surface area contributed by atoms with Crippen LogP contribution >= 0.6 is 15.9 Å². The zero-order valence-electron chi connectivity index (χ0n) is 11.8. The fourth-order valence-corrected chi connectivity index (χ4v) is 3.66. The maximum atomic E-state index is 11.5. The third kappa shape index (κ3) is 2.01. The Hall–Kier alpha value is -1.17. The lowest BCUT2D eigenvalue weighted by molar-refractivity contribution is -0.119. The summed E-state index contributed by atoms with van der Waals surface area (Å²) in [6, 6.07) is 0.284. The Morgan fingerprint density at radius 1 is 1.55 bits per heavy atom. The molecular formula is C14H19BrN4O. The zero-order valence-corrected chi connectivity index (χ0v) is 13.4. The maximum absolute atomic E-state index is 11.5. The summed E-state index contributed by atoms with van der Waals surface area (Å²) >= 11 is 3.19. The van der Waals surface area contributed by atoms with E-state index in [2.05, 4.69) is 50.1 Å². The predicted molar refractivity (Wildman–Crippen MR) is 81.0 cm³/mol. The van der Waals surface area contributed by atoms with E-state index in [1.54, 1.807) is 0 Å². The van der Waals surface area contributed by atoms with E-state index in [0.717, 1.165) is 31.6 Å². The number of anilines is 1. The Balaban J connectivity index is 1.76. The summed E-state index contributed by atoms with van der Waals surface area (Å²) in [4.78, 5) is 22.8. The fourth-order valence-electron chi connectivity index (χ4n) is 3.49. The van der Waals surface area contributed by atoms with Gasteiger partial charge in [-0.3, -0.25) is 4.79 Å². The Kier molecular flexibility index (Phi) is 3.44. The van der Waals surface area contributed by atoms with Gasteiger partial charge in [0.25, 0.3) is 0 Å². The quantitative estimate of drug-likeness (QED) is 0.836. The first-order chi connectivity index (χ1) is 9.56. The molecule has 1 aliphatic carbocycles. The second-order valence-corrected chi connectivity index (χ2v) is 6.33. The average Bonchev–Trinajstić information content (AvgIpc) is 2.68. The van der Waals surface area contributed by atoms with Crippen LogP contribution in [0.2, 0.25) is 0 Å². The molecule has 1 N–H and O–H groups in total. The topological polar surface area (TPSA) is 58.1 Å². The minimum absolute atomic E-state index is 0.00839. The van der Waals surface area contributed by atoms with Gasteiger partial charge in [-0.2, -0.15) is 0 Å². The first kappa shape index (κ1) is 13.8. The summed E-state index contributed by atoms with van der Waals surface area (Å²) < 4.78 is 0. The van der Waals surface area contributed by atoms with E-state index in [-0.39, 0.29) is 17.5 Å². The molecule has 1 aromatic heterocycles. The van der Waals surface area contributed by atoms with Crippen LogP contribution in [-0.4, -0.2) is 34.3 Å². The van der Waals surface area contributed by atoms with Crippen molar-refractivity contribution in [3.8, 4) is 0 Å². The van der Waals surface area contributed by atoms with Crippen molar-refractivity contribution in [2.24, 2.45) is 0 Å². The van der Waals surface area contributed by atoms with Gasteiger partial charge >= 0.3 is 0 Å². The van der Waals surface area contributed by atoms with Gasteiger partial charge in [0.05, 0.1) is 16.6 Å². The van der Waals surface area contributed by atoms with Crippen molar-refractivity contribution in [1.82, 2.24) is 15.3 Å². The van der Waals surface area contributed by atoms with Gasteiger partial charge in [-0.15, -0.1) is 0 Å². The highest BCUT2D eigenvalue weighted by atomic mass is 79.9. The smallest absolute Gasteiger partial charge is 0.230 e. The molecule has 0 aromatic carbocycles. The number of halogens is 1. The largest absolute Gasteiger partial charge is 0.353 e. The molecule has 2 aliphatic rings. The summed E-state index contributed by atoms with van der Waals surface area (Å²) in [5, 5.41) is 3.45. The number of amides is 1. The highest BCUT2D eigenvalue weighted by Crippen LogP contribution is 2.47. The highest BCUT2D eigenvalue weighted by molar-refractivity contribution is 9.09. The van der Waals surface area contributed by atoms with Crippen molar-refractivity contribution in [2.45, 2.75) is 44.2 Å². The van der Waals surface area contributed by atoms with Crippen LogP contribution in [0.4, 0.5) is 5.95 Å². The third-order valence-electron chi connectivity index (χ3n) is 4.64. The van der Waals surface area contributed by atoms with E-state index < -0.39 is 0 Å². The molecule has 1 fully saturated rings. The Morgan fingerprint density at radius 3 is 2.90 bits per heavy atom. The van der Waals surface area contributed by atoms with Crippen molar-refractivity contribution in [3.63, 3.8) is 0 Å². The van der Waals surface area contributed by atoms with Crippen LogP contribution in [0.3, 0.4) is 0 Å². The van der Waals surface area contributed by atoms with Gasteiger partial charge in [0, 0.05) is 19.3 Å². The van der Waals surface area contributed by atoms with Gasteiger partial charge in [-0.25, -0.2) is 9.97 Å². The minimum Gasteiger partial charge on any atom is -0.353 e. The van der Waals surface area contributed by atoms with E-state index in [1.807, 2.05) is 6.20 Å². The lowest BCUT2D eigenvalue weighted by Gasteiger charge is -2.42. The van der Waals surface area contributed by atoms with Crippen LogP contribution in [0.25, 0.3) is 0 Å². The fraction of sp³-hybridized carbons (Fsp3) is 0.643. The van der Waals surface area contributed by atoms with Gasteiger partial charge in [0.2, 0.25) is 11.9 Å². The molecule has 0 unspecified atom stereocenters. The molecule has 1 spiro atoms. The number of hydrogen-bond donors (Lipinski definition) is 1. The molecule has 1 amide bonds. The van der Waals surface area contributed by atoms with Crippen LogP contribution in [0, 0.1) is 6.92 Å². The molecular weight excluding hydrogens is 320 g/mol. The second-order valence-electron chi connectivity index (χ2n) is 5.77.